The summed E-state index contributed by atoms with van der Waals surface area (Å²) in [7, 11) is 0. The maximum Gasteiger partial charge on any atom is 0.149 e. The molecule has 0 bridgehead atoms. The summed E-state index contributed by atoms with van der Waals surface area (Å²) in [6.07, 6.45) is 0. The third-order valence-electron chi connectivity index (χ3n) is 3.26. The summed E-state index contributed by atoms with van der Waals surface area (Å²) >= 11 is 0. The quantitative estimate of drug-likeness (QED) is 0.735. The minimum absolute atomic E-state index is 0.0755. The number of nitrogens with zero attached hydrogens (tertiary/aromatic N) is 3. The first-order valence-electron chi connectivity index (χ1n) is 6.26. The second-order valence-electron chi connectivity index (χ2n) is 4.53. The third kappa shape index (κ3) is 2.16. The van der Waals surface area contributed by atoms with Crippen LogP contribution >= 0.6 is 0 Å². The molecule has 4 nitrogen and oxygen atoms in total. The van der Waals surface area contributed by atoms with Crippen molar-refractivity contribution in [1.82, 2.24) is 4.98 Å². The second kappa shape index (κ2) is 4.96. The average Bonchev–Trinajstić information content (AvgIpc) is 2.54. The molecule has 4 heteroatoms. The summed E-state index contributed by atoms with van der Waals surface area (Å²) < 4.78 is 0. The molecule has 3 rings (SSSR count). The molecule has 1 N–H and O–H groups in total. The Bertz CT molecular complexity index is 933. The van der Waals surface area contributed by atoms with Gasteiger partial charge in [-0.2, -0.15) is 10.5 Å². The maximum absolute atomic E-state index is 9.58. The SMILES string of the molecule is N#Cc1cc(-c2cc3ccccc3nc2C#N)ccc1O. The van der Waals surface area contributed by atoms with E-state index in [1.165, 1.54) is 6.07 Å². The molecule has 0 fully saturated rings. The smallest absolute Gasteiger partial charge is 0.149 e. The first kappa shape index (κ1) is 12.7. The van der Waals surface area contributed by atoms with Gasteiger partial charge in [-0.05, 0) is 29.8 Å². The molecule has 98 valence electrons. The molecule has 21 heavy (non-hydrogen) atoms. The number of fused-ring (bicyclic) bond motifs is 1. The van der Waals surface area contributed by atoms with E-state index in [1.54, 1.807) is 12.1 Å². The average molecular weight is 271 g/mol. The van der Waals surface area contributed by atoms with Crippen molar-refractivity contribution in [1.29, 1.82) is 10.5 Å². The van der Waals surface area contributed by atoms with Crippen LogP contribution in [0.25, 0.3) is 22.0 Å². The van der Waals surface area contributed by atoms with E-state index in [2.05, 4.69) is 11.1 Å². The maximum atomic E-state index is 9.58. The summed E-state index contributed by atoms with van der Waals surface area (Å²) in [5.41, 5.74) is 2.54. The van der Waals surface area contributed by atoms with Crippen LogP contribution in [0.1, 0.15) is 11.3 Å². The fraction of sp³-hybridized carbons (Fsp3) is 0. The number of aromatic hydroxyl groups is 1. The Labute approximate surface area is 121 Å². The summed E-state index contributed by atoms with van der Waals surface area (Å²) in [5.74, 6) is -0.0755. The minimum Gasteiger partial charge on any atom is -0.507 e. The van der Waals surface area contributed by atoms with Crippen LogP contribution in [-0.2, 0) is 0 Å². The highest BCUT2D eigenvalue weighted by Gasteiger charge is 2.11. The molecule has 0 aliphatic rings. The van der Waals surface area contributed by atoms with E-state index in [4.69, 9.17) is 5.26 Å². The molecule has 1 aromatic heterocycles. The summed E-state index contributed by atoms with van der Waals surface area (Å²) in [6, 6.07) is 18.1. The molecular weight excluding hydrogens is 262 g/mol. The Morgan fingerprint density at radius 1 is 0.952 bits per heavy atom. The molecule has 0 radical (unpaired) electrons. The molecule has 3 aromatic rings. The Morgan fingerprint density at radius 2 is 1.76 bits per heavy atom. The van der Waals surface area contributed by atoms with E-state index < -0.39 is 0 Å². The van der Waals surface area contributed by atoms with Gasteiger partial charge in [-0.25, -0.2) is 4.98 Å². The van der Waals surface area contributed by atoms with Crippen molar-refractivity contribution in [2.24, 2.45) is 0 Å². The molecule has 0 unspecified atom stereocenters. The highest BCUT2D eigenvalue weighted by Crippen LogP contribution is 2.29. The van der Waals surface area contributed by atoms with Crippen LogP contribution in [0.5, 0.6) is 5.75 Å². The van der Waals surface area contributed by atoms with E-state index in [1.807, 2.05) is 36.4 Å². The third-order valence-corrected chi connectivity index (χ3v) is 3.26. The standard InChI is InChI=1S/C17H9N3O/c18-9-13-7-11(5-6-17(13)21)14-8-12-3-1-2-4-15(12)20-16(14)10-19/h1-8,21H. The largest absolute Gasteiger partial charge is 0.507 e. The molecule has 0 atom stereocenters. The van der Waals surface area contributed by atoms with Crippen molar-refractivity contribution in [3.63, 3.8) is 0 Å². The van der Waals surface area contributed by atoms with Gasteiger partial charge < -0.3 is 5.11 Å². The van der Waals surface area contributed by atoms with E-state index in [0.717, 1.165) is 10.9 Å². The van der Waals surface area contributed by atoms with Crippen LogP contribution in [0.15, 0.2) is 48.5 Å². The summed E-state index contributed by atoms with van der Waals surface area (Å²) in [5, 5.41) is 28.8. The van der Waals surface area contributed by atoms with E-state index in [-0.39, 0.29) is 11.3 Å². The predicted octanol–water partition coefficient (Wildman–Crippen LogP) is 3.35. The van der Waals surface area contributed by atoms with Gasteiger partial charge in [0.1, 0.15) is 23.6 Å². The van der Waals surface area contributed by atoms with Gasteiger partial charge in [0, 0.05) is 10.9 Å². The minimum atomic E-state index is -0.0755. The second-order valence-corrected chi connectivity index (χ2v) is 4.53. The number of rotatable bonds is 1. The van der Waals surface area contributed by atoms with Gasteiger partial charge in [0.2, 0.25) is 0 Å². The van der Waals surface area contributed by atoms with Gasteiger partial charge in [-0.15, -0.1) is 0 Å². The molecule has 0 spiro atoms. The summed E-state index contributed by atoms with van der Waals surface area (Å²) in [4.78, 5) is 4.34. The van der Waals surface area contributed by atoms with Crippen LogP contribution in [0.3, 0.4) is 0 Å². The first-order valence-corrected chi connectivity index (χ1v) is 6.26. The van der Waals surface area contributed by atoms with Crippen molar-refractivity contribution < 1.29 is 5.11 Å². The predicted molar refractivity (Wildman–Crippen MR) is 78.3 cm³/mol. The number of para-hydroxylation sites is 1. The summed E-state index contributed by atoms with van der Waals surface area (Å²) in [6.45, 7) is 0. The number of benzene rings is 2. The molecular formula is C17H9N3O. The molecule has 0 amide bonds. The number of nitriles is 2. The van der Waals surface area contributed by atoms with Gasteiger partial charge in [0.15, 0.2) is 0 Å². The normalized spacial score (nSPS) is 10.0. The molecule has 0 saturated heterocycles. The van der Waals surface area contributed by atoms with Crippen molar-refractivity contribution in [2.75, 3.05) is 0 Å². The Balaban J connectivity index is 2.29. The number of phenols is 1. The molecule has 0 aliphatic heterocycles. The van der Waals surface area contributed by atoms with Crippen LogP contribution in [0, 0.1) is 22.7 Å². The van der Waals surface area contributed by atoms with E-state index >= 15 is 0 Å². The van der Waals surface area contributed by atoms with Gasteiger partial charge in [-0.1, -0.05) is 24.3 Å². The van der Waals surface area contributed by atoms with Crippen molar-refractivity contribution in [3.8, 4) is 29.0 Å². The zero-order chi connectivity index (χ0) is 14.8. The topological polar surface area (TPSA) is 80.7 Å². The number of aromatic nitrogens is 1. The van der Waals surface area contributed by atoms with Crippen molar-refractivity contribution in [3.05, 3.63) is 59.8 Å². The Morgan fingerprint density at radius 3 is 2.52 bits per heavy atom. The van der Waals surface area contributed by atoms with E-state index in [9.17, 15) is 10.4 Å². The molecule has 0 saturated carbocycles. The van der Waals surface area contributed by atoms with Crippen LogP contribution < -0.4 is 0 Å². The van der Waals surface area contributed by atoms with Crippen LogP contribution in [0.2, 0.25) is 0 Å². The fourth-order valence-corrected chi connectivity index (χ4v) is 2.21. The lowest BCUT2D eigenvalue weighted by Crippen LogP contribution is -1.91. The highest BCUT2D eigenvalue weighted by atomic mass is 16.3. The van der Waals surface area contributed by atoms with Gasteiger partial charge in [0.05, 0.1) is 11.1 Å². The highest BCUT2D eigenvalue weighted by molar-refractivity contribution is 5.86. The molecule has 2 aromatic carbocycles. The lowest BCUT2D eigenvalue weighted by Gasteiger charge is -2.07. The number of hydrogen-bond donors (Lipinski definition) is 1. The van der Waals surface area contributed by atoms with Crippen LogP contribution in [-0.4, -0.2) is 10.1 Å². The lowest BCUT2D eigenvalue weighted by atomic mass is 10.00. The van der Waals surface area contributed by atoms with Gasteiger partial charge in [0.25, 0.3) is 0 Å². The number of phenolic OH excluding ortho intramolecular Hbond substituents is 1. The number of hydrogen-bond acceptors (Lipinski definition) is 4. The Hall–Kier alpha value is -3.37. The monoisotopic (exact) mass is 271 g/mol. The number of pyridine rings is 1. The van der Waals surface area contributed by atoms with Crippen molar-refractivity contribution >= 4 is 10.9 Å². The van der Waals surface area contributed by atoms with Gasteiger partial charge >= 0.3 is 0 Å². The van der Waals surface area contributed by atoms with Crippen LogP contribution in [0.4, 0.5) is 0 Å². The first-order chi connectivity index (χ1) is 10.2. The van der Waals surface area contributed by atoms with E-state index in [0.29, 0.717) is 16.8 Å². The Kier molecular flexibility index (Phi) is 2.99. The zero-order valence-electron chi connectivity index (χ0n) is 10.9. The van der Waals surface area contributed by atoms with Crippen molar-refractivity contribution in [2.45, 2.75) is 0 Å². The zero-order valence-corrected chi connectivity index (χ0v) is 10.9. The fourth-order valence-electron chi connectivity index (χ4n) is 2.21. The van der Waals surface area contributed by atoms with Gasteiger partial charge in [-0.3, -0.25) is 0 Å². The molecule has 1 heterocycles. The molecule has 0 aliphatic carbocycles. The lowest BCUT2D eigenvalue weighted by molar-refractivity contribution is 0.473.